The Kier molecular flexibility index (Phi) is 5.22. The first-order valence-corrected chi connectivity index (χ1v) is 6.93. The number of piperazine rings is 1. The Balaban J connectivity index is 1.68. The van der Waals surface area contributed by atoms with Gasteiger partial charge in [0.1, 0.15) is 0 Å². The van der Waals surface area contributed by atoms with Crippen LogP contribution in [0.2, 0.25) is 0 Å². The van der Waals surface area contributed by atoms with Gasteiger partial charge in [-0.2, -0.15) is 0 Å². The van der Waals surface area contributed by atoms with Crippen molar-refractivity contribution in [2.45, 2.75) is 18.9 Å². The number of piperidine rings is 1. The summed E-state index contributed by atoms with van der Waals surface area (Å²) in [5.41, 5.74) is 0. The van der Waals surface area contributed by atoms with Crippen LogP contribution in [-0.2, 0) is 4.74 Å². The maximum Gasteiger partial charge on any atom is 0.0589 e. The van der Waals surface area contributed by atoms with Crippen LogP contribution in [0.15, 0.2) is 0 Å². The summed E-state index contributed by atoms with van der Waals surface area (Å²) in [6.45, 7) is 9.48. The molecule has 4 heteroatoms. The Morgan fingerprint density at radius 3 is 2.24 bits per heavy atom. The standard InChI is InChI=1S/C13H27N3O/c1-14-7-9-16(10-8-14)13-3-5-15(6-4-13)11-12-17-2/h13H,3-12H2,1-2H3. The van der Waals surface area contributed by atoms with E-state index in [9.17, 15) is 0 Å². The smallest absolute Gasteiger partial charge is 0.0589 e. The van der Waals surface area contributed by atoms with Crippen molar-refractivity contribution in [3.63, 3.8) is 0 Å². The van der Waals surface area contributed by atoms with E-state index in [2.05, 4.69) is 21.7 Å². The minimum atomic E-state index is 0.836. The number of hydrogen-bond acceptors (Lipinski definition) is 4. The molecule has 2 aliphatic rings. The molecule has 0 aromatic rings. The predicted molar refractivity (Wildman–Crippen MR) is 70.4 cm³/mol. The van der Waals surface area contributed by atoms with Crippen LogP contribution in [-0.4, -0.2) is 87.3 Å². The van der Waals surface area contributed by atoms with Crippen LogP contribution >= 0.6 is 0 Å². The van der Waals surface area contributed by atoms with Gasteiger partial charge >= 0.3 is 0 Å². The quantitative estimate of drug-likeness (QED) is 0.707. The zero-order valence-electron chi connectivity index (χ0n) is 11.4. The van der Waals surface area contributed by atoms with E-state index in [-0.39, 0.29) is 0 Å². The molecule has 2 saturated heterocycles. The molecule has 17 heavy (non-hydrogen) atoms. The molecular formula is C13H27N3O. The monoisotopic (exact) mass is 241 g/mol. The highest BCUT2D eigenvalue weighted by Crippen LogP contribution is 2.17. The average Bonchev–Trinajstić information content (AvgIpc) is 2.38. The van der Waals surface area contributed by atoms with Crippen LogP contribution in [0.25, 0.3) is 0 Å². The number of hydrogen-bond donors (Lipinski definition) is 0. The molecular weight excluding hydrogens is 214 g/mol. The molecule has 0 aromatic heterocycles. The van der Waals surface area contributed by atoms with Gasteiger partial charge in [0.05, 0.1) is 6.61 Å². The first-order valence-electron chi connectivity index (χ1n) is 6.93. The lowest BCUT2D eigenvalue weighted by atomic mass is 10.0. The van der Waals surface area contributed by atoms with Crippen LogP contribution in [0.4, 0.5) is 0 Å². The van der Waals surface area contributed by atoms with Gasteiger partial charge in [-0.05, 0) is 33.0 Å². The molecule has 2 fully saturated rings. The number of likely N-dealkylation sites (tertiary alicyclic amines) is 1. The normalized spacial score (nSPS) is 26.5. The van der Waals surface area contributed by atoms with Gasteiger partial charge in [0.15, 0.2) is 0 Å². The molecule has 0 bridgehead atoms. The molecule has 4 nitrogen and oxygen atoms in total. The Hall–Kier alpha value is -0.160. The molecule has 0 aliphatic carbocycles. The van der Waals surface area contributed by atoms with E-state index in [4.69, 9.17) is 4.74 Å². The van der Waals surface area contributed by atoms with Gasteiger partial charge in [0.25, 0.3) is 0 Å². The van der Waals surface area contributed by atoms with E-state index in [1.54, 1.807) is 7.11 Å². The zero-order chi connectivity index (χ0) is 12.1. The largest absolute Gasteiger partial charge is 0.383 e. The molecule has 2 rings (SSSR count). The van der Waals surface area contributed by atoms with Crippen molar-refractivity contribution < 1.29 is 4.74 Å². The van der Waals surface area contributed by atoms with Crippen LogP contribution in [0.1, 0.15) is 12.8 Å². The molecule has 0 radical (unpaired) electrons. The topological polar surface area (TPSA) is 19.0 Å². The van der Waals surface area contributed by atoms with Crippen molar-refractivity contribution in [2.24, 2.45) is 0 Å². The molecule has 0 aromatic carbocycles. The lowest BCUT2D eigenvalue weighted by Crippen LogP contribution is -2.52. The summed E-state index contributed by atoms with van der Waals surface area (Å²) in [5.74, 6) is 0. The summed E-state index contributed by atoms with van der Waals surface area (Å²) in [7, 11) is 4.02. The van der Waals surface area contributed by atoms with E-state index in [1.165, 1.54) is 52.1 Å². The minimum absolute atomic E-state index is 0.836. The molecule has 2 heterocycles. The van der Waals surface area contributed by atoms with Gasteiger partial charge in [-0.15, -0.1) is 0 Å². The number of nitrogens with zero attached hydrogens (tertiary/aromatic N) is 3. The van der Waals surface area contributed by atoms with Crippen molar-refractivity contribution in [3.05, 3.63) is 0 Å². The third kappa shape index (κ3) is 3.91. The van der Waals surface area contributed by atoms with Gasteiger partial charge < -0.3 is 14.5 Å². The van der Waals surface area contributed by atoms with Crippen molar-refractivity contribution in [2.75, 3.05) is 66.6 Å². The summed E-state index contributed by atoms with van der Waals surface area (Å²) in [5, 5.41) is 0. The van der Waals surface area contributed by atoms with E-state index in [1.807, 2.05) is 0 Å². The van der Waals surface area contributed by atoms with E-state index < -0.39 is 0 Å². The maximum absolute atomic E-state index is 5.14. The Morgan fingerprint density at radius 2 is 1.65 bits per heavy atom. The van der Waals surface area contributed by atoms with Crippen LogP contribution in [0, 0.1) is 0 Å². The third-order valence-electron chi connectivity index (χ3n) is 4.22. The highest BCUT2D eigenvalue weighted by molar-refractivity contribution is 4.82. The van der Waals surface area contributed by atoms with Crippen molar-refractivity contribution in [1.82, 2.24) is 14.7 Å². The molecule has 0 atom stereocenters. The number of methoxy groups -OCH3 is 1. The first kappa shape index (κ1) is 13.3. The van der Waals surface area contributed by atoms with E-state index >= 15 is 0 Å². The molecule has 0 amide bonds. The van der Waals surface area contributed by atoms with Crippen LogP contribution in [0.3, 0.4) is 0 Å². The zero-order valence-corrected chi connectivity index (χ0v) is 11.4. The summed E-state index contributed by atoms with van der Waals surface area (Å²) in [6.07, 6.45) is 2.68. The van der Waals surface area contributed by atoms with Gasteiger partial charge in [-0.3, -0.25) is 4.90 Å². The van der Waals surface area contributed by atoms with Crippen molar-refractivity contribution in [1.29, 1.82) is 0 Å². The summed E-state index contributed by atoms with van der Waals surface area (Å²) in [4.78, 5) is 7.67. The van der Waals surface area contributed by atoms with Crippen LogP contribution in [0.5, 0.6) is 0 Å². The lowest BCUT2D eigenvalue weighted by Gasteiger charge is -2.42. The molecule has 2 aliphatic heterocycles. The molecule has 0 saturated carbocycles. The van der Waals surface area contributed by atoms with Crippen molar-refractivity contribution in [3.8, 4) is 0 Å². The van der Waals surface area contributed by atoms with Gasteiger partial charge in [0, 0.05) is 45.9 Å². The van der Waals surface area contributed by atoms with Gasteiger partial charge in [0.2, 0.25) is 0 Å². The lowest BCUT2D eigenvalue weighted by molar-refractivity contribution is 0.0586. The summed E-state index contributed by atoms with van der Waals surface area (Å²) in [6, 6.07) is 0.836. The second-order valence-electron chi connectivity index (χ2n) is 5.40. The van der Waals surface area contributed by atoms with Gasteiger partial charge in [-0.25, -0.2) is 0 Å². The fourth-order valence-corrected chi connectivity index (χ4v) is 2.92. The number of rotatable bonds is 4. The fraction of sp³-hybridized carbons (Fsp3) is 1.00. The molecule has 100 valence electrons. The Morgan fingerprint density at radius 1 is 1.00 bits per heavy atom. The highest BCUT2D eigenvalue weighted by atomic mass is 16.5. The maximum atomic E-state index is 5.14. The summed E-state index contributed by atoms with van der Waals surface area (Å²) >= 11 is 0. The fourth-order valence-electron chi connectivity index (χ4n) is 2.92. The molecule has 0 unspecified atom stereocenters. The molecule has 0 N–H and O–H groups in total. The summed E-state index contributed by atoms with van der Waals surface area (Å²) < 4.78 is 5.14. The second-order valence-corrected chi connectivity index (χ2v) is 5.40. The highest BCUT2D eigenvalue weighted by Gasteiger charge is 2.26. The van der Waals surface area contributed by atoms with E-state index in [0.29, 0.717) is 0 Å². The predicted octanol–water partition coefficient (Wildman–Crippen LogP) is 0.345. The number of ether oxygens (including phenoxy) is 1. The first-order chi connectivity index (χ1) is 8.29. The average molecular weight is 241 g/mol. The SMILES string of the molecule is COCCN1CCC(N2CCN(C)CC2)CC1. The Labute approximate surface area is 105 Å². The molecule has 0 spiro atoms. The minimum Gasteiger partial charge on any atom is -0.383 e. The van der Waals surface area contributed by atoms with Crippen LogP contribution < -0.4 is 0 Å². The third-order valence-corrected chi connectivity index (χ3v) is 4.22. The second kappa shape index (κ2) is 6.69. The van der Waals surface area contributed by atoms with Crippen molar-refractivity contribution >= 4 is 0 Å². The van der Waals surface area contributed by atoms with E-state index in [0.717, 1.165) is 19.2 Å². The number of likely N-dealkylation sites (N-methyl/N-ethyl adjacent to an activating group) is 1. The Bertz CT molecular complexity index is 209. The van der Waals surface area contributed by atoms with Gasteiger partial charge in [-0.1, -0.05) is 0 Å².